The molecular weight excluding hydrogens is 275 g/mol. The molecule has 0 heterocycles. The fraction of sp³-hybridized carbons (Fsp3) is 0.0667. The number of hydrogen-bond acceptors (Lipinski definition) is 3. The molecule has 21 heavy (non-hydrogen) atoms. The molecule has 0 saturated heterocycles. The number of carboxylic acids is 1. The van der Waals surface area contributed by atoms with E-state index in [1.54, 1.807) is 30.3 Å². The zero-order valence-electron chi connectivity index (χ0n) is 10.9. The van der Waals surface area contributed by atoms with Crippen LogP contribution in [0, 0.1) is 5.82 Å². The number of aromatic carboxylic acids is 1. The first kappa shape index (κ1) is 14.7. The van der Waals surface area contributed by atoms with Crippen molar-refractivity contribution in [2.24, 2.45) is 5.73 Å². The molecule has 0 radical (unpaired) electrons. The third kappa shape index (κ3) is 3.43. The molecule has 108 valence electrons. The van der Waals surface area contributed by atoms with Crippen molar-refractivity contribution in [3.05, 3.63) is 65.5 Å². The minimum atomic E-state index is -1.34. The highest BCUT2D eigenvalue weighted by Gasteiger charge is 2.19. The van der Waals surface area contributed by atoms with E-state index in [0.717, 1.165) is 12.1 Å². The highest BCUT2D eigenvalue weighted by Crippen LogP contribution is 2.19. The normalized spacial score (nSPS) is 11.7. The van der Waals surface area contributed by atoms with Crippen molar-refractivity contribution in [2.45, 2.75) is 6.04 Å². The van der Waals surface area contributed by atoms with Gasteiger partial charge >= 0.3 is 5.97 Å². The molecule has 1 amide bonds. The van der Waals surface area contributed by atoms with Gasteiger partial charge in [-0.2, -0.15) is 0 Å². The molecule has 2 aromatic rings. The summed E-state index contributed by atoms with van der Waals surface area (Å²) in [6, 6.07) is 10.8. The van der Waals surface area contributed by atoms with E-state index >= 15 is 0 Å². The summed E-state index contributed by atoms with van der Waals surface area (Å²) < 4.78 is 13.1. The van der Waals surface area contributed by atoms with Crippen LogP contribution in [0.25, 0.3) is 0 Å². The summed E-state index contributed by atoms with van der Waals surface area (Å²) in [7, 11) is 0. The van der Waals surface area contributed by atoms with E-state index in [1.807, 2.05) is 0 Å². The van der Waals surface area contributed by atoms with E-state index in [4.69, 9.17) is 10.8 Å². The second-order valence-electron chi connectivity index (χ2n) is 4.37. The van der Waals surface area contributed by atoms with Gasteiger partial charge in [-0.3, -0.25) is 4.79 Å². The number of anilines is 1. The van der Waals surface area contributed by atoms with Crippen LogP contribution in [0.15, 0.2) is 48.5 Å². The molecule has 0 saturated carbocycles. The van der Waals surface area contributed by atoms with E-state index in [0.29, 0.717) is 5.56 Å². The molecule has 2 rings (SSSR count). The highest BCUT2D eigenvalue weighted by atomic mass is 19.1. The molecule has 1 atom stereocenters. The first-order valence-electron chi connectivity index (χ1n) is 6.13. The second-order valence-corrected chi connectivity index (χ2v) is 4.37. The van der Waals surface area contributed by atoms with Crippen molar-refractivity contribution in [3.63, 3.8) is 0 Å². The van der Waals surface area contributed by atoms with Crippen molar-refractivity contribution < 1.29 is 19.1 Å². The second kappa shape index (κ2) is 6.15. The van der Waals surface area contributed by atoms with Crippen molar-refractivity contribution in [1.82, 2.24) is 0 Å². The number of amides is 1. The number of hydrogen-bond donors (Lipinski definition) is 3. The number of nitrogens with one attached hydrogen (secondary N) is 1. The molecule has 4 N–H and O–H groups in total. The molecule has 2 aromatic carbocycles. The van der Waals surface area contributed by atoms with Crippen molar-refractivity contribution in [3.8, 4) is 0 Å². The number of halogens is 1. The third-order valence-electron chi connectivity index (χ3n) is 2.91. The third-order valence-corrected chi connectivity index (χ3v) is 2.91. The predicted octanol–water partition coefficient (Wildman–Crippen LogP) is 2.16. The van der Waals surface area contributed by atoms with Crippen LogP contribution in [0.1, 0.15) is 22.0 Å². The minimum absolute atomic E-state index is 0.000260. The maximum atomic E-state index is 13.1. The summed E-state index contributed by atoms with van der Waals surface area (Å²) in [5.74, 6) is -2.61. The Kier molecular flexibility index (Phi) is 4.30. The maximum Gasteiger partial charge on any atom is 0.337 e. The smallest absolute Gasteiger partial charge is 0.337 e. The molecule has 0 aromatic heterocycles. The van der Waals surface area contributed by atoms with E-state index < -0.39 is 23.7 Å². The Balaban J connectivity index is 2.22. The highest BCUT2D eigenvalue weighted by molar-refractivity contribution is 6.02. The van der Waals surface area contributed by atoms with Crippen LogP contribution in [0.4, 0.5) is 10.1 Å². The summed E-state index contributed by atoms with van der Waals surface area (Å²) in [5, 5.41) is 11.4. The number of carbonyl (C=O) groups is 2. The van der Waals surface area contributed by atoms with Crippen molar-refractivity contribution in [2.75, 3.05) is 5.32 Å². The van der Waals surface area contributed by atoms with Crippen LogP contribution >= 0.6 is 0 Å². The molecule has 0 spiro atoms. The monoisotopic (exact) mass is 288 g/mol. The predicted molar refractivity (Wildman–Crippen MR) is 75.4 cm³/mol. The molecule has 6 heteroatoms. The number of benzene rings is 2. The summed E-state index contributed by atoms with van der Waals surface area (Å²) in [4.78, 5) is 23.1. The molecule has 0 aliphatic rings. The Hall–Kier alpha value is -2.73. The quantitative estimate of drug-likeness (QED) is 0.803. The van der Waals surface area contributed by atoms with Crippen LogP contribution in [-0.2, 0) is 4.79 Å². The van der Waals surface area contributed by atoms with Gasteiger partial charge in [-0.05, 0) is 23.8 Å². The SMILES string of the molecule is NC(C(=O)Nc1ccc(F)cc1C(=O)O)c1ccccc1. The standard InChI is InChI=1S/C15H13FN2O3/c16-10-6-7-12(11(8-10)15(20)21)18-14(19)13(17)9-4-2-1-3-5-9/h1-8,13H,17H2,(H,18,19)(H,20,21). The number of carbonyl (C=O) groups excluding carboxylic acids is 1. The molecule has 1 unspecified atom stereocenters. The Bertz CT molecular complexity index is 674. The van der Waals surface area contributed by atoms with Gasteiger partial charge in [0, 0.05) is 0 Å². The van der Waals surface area contributed by atoms with Gasteiger partial charge in [0.2, 0.25) is 5.91 Å². The van der Waals surface area contributed by atoms with Gasteiger partial charge in [0.1, 0.15) is 11.9 Å². The minimum Gasteiger partial charge on any atom is -0.478 e. The average molecular weight is 288 g/mol. The molecule has 5 nitrogen and oxygen atoms in total. The maximum absolute atomic E-state index is 13.1. The first-order chi connectivity index (χ1) is 9.99. The fourth-order valence-corrected chi connectivity index (χ4v) is 1.82. The van der Waals surface area contributed by atoms with Crippen LogP contribution in [0.2, 0.25) is 0 Å². The lowest BCUT2D eigenvalue weighted by atomic mass is 10.1. The Labute approximate surface area is 120 Å². The lowest BCUT2D eigenvalue weighted by molar-refractivity contribution is -0.117. The molecule has 0 aliphatic carbocycles. The van der Waals surface area contributed by atoms with Gasteiger partial charge in [-0.25, -0.2) is 9.18 Å². The fourth-order valence-electron chi connectivity index (χ4n) is 1.82. The summed E-state index contributed by atoms with van der Waals surface area (Å²) in [5.41, 5.74) is 6.07. The van der Waals surface area contributed by atoms with Gasteiger partial charge in [-0.15, -0.1) is 0 Å². The zero-order chi connectivity index (χ0) is 15.4. The zero-order valence-corrected chi connectivity index (χ0v) is 10.9. The molecular formula is C15H13FN2O3. The van der Waals surface area contributed by atoms with E-state index in [9.17, 15) is 14.0 Å². The van der Waals surface area contributed by atoms with Gasteiger partial charge in [0.25, 0.3) is 0 Å². The van der Waals surface area contributed by atoms with Crippen LogP contribution in [0.5, 0.6) is 0 Å². The number of rotatable bonds is 4. The van der Waals surface area contributed by atoms with Crippen molar-refractivity contribution >= 4 is 17.6 Å². The van der Waals surface area contributed by atoms with Gasteiger partial charge < -0.3 is 16.2 Å². The van der Waals surface area contributed by atoms with Gasteiger partial charge in [0.05, 0.1) is 11.3 Å². The van der Waals surface area contributed by atoms with Crippen LogP contribution in [0.3, 0.4) is 0 Å². The van der Waals surface area contributed by atoms with E-state index in [2.05, 4.69) is 5.32 Å². The summed E-state index contributed by atoms with van der Waals surface area (Å²) in [6.45, 7) is 0. The lowest BCUT2D eigenvalue weighted by Gasteiger charge is -2.14. The topological polar surface area (TPSA) is 92.4 Å². The Morgan fingerprint density at radius 3 is 2.43 bits per heavy atom. The first-order valence-corrected chi connectivity index (χ1v) is 6.13. The lowest BCUT2D eigenvalue weighted by Crippen LogP contribution is -2.28. The number of carboxylic acid groups (broad SMARTS) is 1. The Morgan fingerprint density at radius 2 is 1.81 bits per heavy atom. The van der Waals surface area contributed by atoms with E-state index in [-0.39, 0.29) is 11.3 Å². The summed E-state index contributed by atoms with van der Waals surface area (Å²) >= 11 is 0. The largest absolute Gasteiger partial charge is 0.478 e. The van der Waals surface area contributed by atoms with Gasteiger partial charge in [0.15, 0.2) is 0 Å². The average Bonchev–Trinajstić information content (AvgIpc) is 2.49. The number of nitrogens with two attached hydrogens (primary N) is 1. The Morgan fingerprint density at radius 1 is 1.14 bits per heavy atom. The van der Waals surface area contributed by atoms with Crippen LogP contribution < -0.4 is 11.1 Å². The van der Waals surface area contributed by atoms with E-state index in [1.165, 1.54) is 6.07 Å². The van der Waals surface area contributed by atoms with Gasteiger partial charge in [-0.1, -0.05) is 30.3 Å². The molecule has 0 bridgehead atoms. The molecule has 0 fully saturated rings. The summed E-state index contributed by atoms with van der Waals surface area (Å²) in [6.07, 6.45) is 0. The van der Waals surface area contributed by atoms with Crippen molar-refractivity contribution in [1.29, 1.82) is 0 Å². The van der Waals surface area contributed by atoms with Crippen LogP contribution in [-0.4, -0.2) is 17.0 Å². The molecule has 0 aliphatic heterocycles.